The van der Waals surface area contributed by atoms with Gasteiger partial charge in [0.15, 0.2) is 0 Å². The van der Waals surface area contributed by atoms with Crippen LogP contribution in [0.25, 0.3) is 0 Å². The summed E-state index contributed by atoms with van der Waals surface area (Å²) in [5.74, 6) is 0.334. The summed E-state index contributed by atoms with van der Waals surface area (Å²) in [4.78, 5) is 1.15. The molecular weight excluding hydrogens is 350 g/mol. The molecule has 1 aliphatic carbocycles. The lowest BCUT2D eigenvalue weighted by molar-refractivity contribution is 0.109. The minimum absolute atomic E-state index is 0.206. The van der Waals surface area contributed by atoms with E-state index >= 15 is 0 Å². The predicted molar refractivity (Wildman–Crippen MR) is 79.9 cm³/mol. The van der Waals surface area contributed by atoms with Crippen LogP contribution in [-0.2, 0) is 10.0 Å². The van der Waals surface area contributed by atoms with Gasteiger partial charge in [-0.05, 0) is 60.5 Å². The molecular formula is C12H18BrNO3S2. The summed E-state index contributed by atoms with van der Waals surface area (Å²) in [6, 6.07) is 1.65. The third-order valence-corrected chi connectivity index (χ3v) is 6.74. The molecule has 2 N–H and O–H groups in total. The molecule has 0 bridgehead atoms. The van der Waals surface area contributed by atoms with Crippen molar-refractivity contribution in [2.24, 2.45) is 5.92 Å². The van der Waals surface area contributed by atoms with E-state index < -0.39 is 10.0 Å². The largest absolute Gasteiger partial charge is 0.393 e. The lowest BCUT2D eigenvalue weighted by Gasteiger charge is -2.25. The first-order valence-corrected chi connectivity index (χ1v) is 9.41. The van der Waals surface area contributed by atoms with E-state index in [9.17, 15) is 13.5 Å². The van der Waals surface area contributed by atoms with Gasteiger partial charge in [-0.15, -0.1) is 11.3 Å². The van der Waals surface area contributed by atoms with Crippen molar-refractivity contribution < 1.29 is 13.5 Å². The van der Waals surface area contributed by atoms with E-state index in [4.69, 9.17) is 0 Å². The second kappa shape index (κ2) is 6.22. The zero-order chi connectivity index (χ0) is 14.0. The first kappa shape index (κ1) is 15.4. The van der Waals surface area contributed by atoms with Crippen LogP contribution in [0.1, 0.15) is 30.6 Å². The van der Waals surface area contributed by atoms with Gasteiger partial charge in [0.25, 0.3) is 0 Å². The Hall–Kier alpha value is 0.0500. The van der Waals surface area contributed by atoms with Gasteiger partial charge in [-0.1, -0.05) is 0 Å². The number of aliphatic hydroxyl groups excluding tert-OH is 1. The smallest absolute Gasteiger partial charge is 0.241 e. The van der Waals surface area contributed by atoms with Crippen molar-refractivity contribution in [3.05, 3.63) is 14.7 Å². The number of halogens is 1. The van der Waals surface area contributed by atoms with Crippen molar-refractivity contribution in [3.8, 4) is 0 Å². The number of aryl methyl sites for hydroxylation is 1. The van der Waals surface area contributed by atoms with Crippen LogP contribution in [-0.4, -0.2) is 26.2 Å². The number of aliphatic hydroxyl groups is 1. The zero-order valence-electron chi connectivity index (χ0n) is 10.7. The molecule has 0 saturated heterocycles. The Kier molecular flexibility index (Phi) is 5.05. The highest BCUT2D eigenvalue weighted by molar-refractivity contribution is 9.11. The van der Waals surface area contributed by atoms with Crippen LogP contribution < -0.4 is 4.72 Å². The Balaban J connectivity index is 1.96. The summed E-state index contributed by atoms with van der Waals surface area (Å²) in [6.07, 6.45) is 3.11. The maximum atomic E-state index is 12.2. The predicted octanol–water partition coefficient (Wildman–Crippen LogP) is 2.65. The highest BCUT2D eigenvalue weighted by Gasteiger charge is 2.23. The fourth-order valence-electron chi connectivity index (χ4n) is 2.35. The van der Waals surface area contributed by atoms with Crippen LogP contribution >= 0.6 is 27.3 Å². The van der Waals surface area contributed by atoms with Gasteiger partial charge in [0.1, 0.15) is 0 Å². The van der Waals surface area contributed by atoms with E-state index in [2.05, 4.69) is 20.7 Å². The van der Waals surface area contributed by atoms with Crippen LogP contribution in [0.15, 0.2) is 14.7 Å². The van der Waals surface area contributed by atoms with Crippen molar-refractivity contribution in [1.29, 1.82) is 0 Å². The molecule has 7 heteroatoms. The summed E-state index contributed by atoms with van der Waals surface area (Å²) < 4.78 is 27.9. The minimum Gasteiger partial charge on any atom is -0.393 e. The summed E-state index contributed by atoms with van der Waals surface area (Å²) in [6.45, 7) is 2.27. The van der Waals surface area contributed by atoms with E-state index in [1.807, 2.05) is 0 Å². The summed E-state index contributed by atoms with van der Waals surface area (Å²) in [5, 5.41) is 9.43. The standard InChI is InChI=1S/C12H18BrNO3S2/c1-8-11(6-12(13)18-8)19(16,17)14-7-9-2-4-10(15)5-3-9/h6,9-10,14-15H,2-5,7H2,1H3. The Bertz CT molecular complexity index is 533. The Morgan fingerprint density at radius 3 is 2.58 bits per heavy atom. The summed E-state index contributed by atoms with van der Waals surface area (Å²) in [7, 11) is -3.42. The van der Waals surface area contributed by atoms with Crippen molar-refractivity contribution in [3.63, 3.8) is 0 Å². The van der Waals surface area contributed by atoms with Gasteiger partial charge >= 0.3 is 0 Å². The van der Waals surface area contributed by atoms with Crippen LogP contribution in [0.5, 0.6) is 0 Å². The van der Waals surface area contributed by atoms with Crippen molar-refractivity contribution in [2.45, 2.75) is 43.6 Å². The molecule has 1 fully saturated rings. The average molecular weight is 368 g/mol. The Morgan fingerprint density at radius 1 is 1.42 bits per heavy atom. The Labute approximate surface area is 126 Å². The van der Waals surface area contributed by atoms with E-state index in [0.29, 0.717) is 17.4 Å². The van der Waals surface area contributed by atoms with Gasteiger partial charge < -0.3 is 5.11 Å². The van der Waals surface area contributed by atoms with Crippen molar-refractivity contribution >= 4 is 37.3 Å². The van der Waals surface area contributed by atoms with Gasteiger partial charge in [-0.3, -0.25) is 0 Å². The van der Waals surface area contributed by atoms with Gasteiger partial charge in [0.05, 0.1) is 14.8 Å². The van der Waals surface area contributed by atoms with Crippen molar-refractivity contribution in [2.75, 3.05) is 6.54 Å². The molecule has 0 aromatic carbocycles. The summed E-state index contributed by atoms with van der Waals surface area (Å²) in [5.41, 5.74) is 0. The van der Waals surface area contributed by atoms with Crippen LogP contribution in [0, 0.1) is 12.8 Å². The van der Waals surface area contributed by atoms with Crippen LogP contribution in [0.4, 0.5) is 0 Å². The molecule has 108 valence electrons. The molecule has 1 heterocycles. The second-order valence-electron chi connectivity index (χ2n) is 5.00. The van der Waals surface area contributed by atoms with Gasteiger partial charge in [0, 0.05) is 11.4 Å². The topological polar surface area (TPSA) is 66.4 Å². The van der Waals surface area contributed by atoms with Crippen LogP contribution in [0.2, 0.25) is 0 Å². The molecule has 1 saturated carbocycles. The second-order valence-corrected chi connectivity index (χ2v) is 9.37. The fraction of sp³-hybridized carbons (Fsp3) is 0.667. The third-order valence-electron chi connectivity index (χ3n) is 3.51. The molecule has 1 aromatic rings. The van der Waals surface area contributed by atoms with Crippen LogP contribution in [0.3, 0.4) is 0 Å². The Morgan fingerprint density at radius 2 is 2.05 bits per heavy atom. The maximum absolute atomic E-state index is 12.2. The molecule has 0 amide bonds. The molecule has 19 heavy (non-hydrogen) atoms. The molecule has 0 radical (unpaired) electrons. The van der Waals surface area contributed by atoms with Gasteiger partial charge in [-0.2, -0.15) is 0 Å². The lowest BCUT2D eigenvalue weighted by atomic mass is 9.88. The SMILES string of the molecule is Cc1sc(Br)cc1S(=O)(=O)NCC1CCC(O)CC1. The number of thiophene rings is 1. The molecule has 4 nitrogen and oxygen atoms in total. The monoisotopic (exact) mass is 367 g/mol. The van der Waals surface area contributed by atoms with Crippen molar-refractivity contribution in [1.82, 2.24) is 4.72 Å². The fourth-order valence-corrected chi connectivity index (χ4v) is 5.88. The number of sulfonamides is 1. The zero-order valence-corrected chi connectivity index (χ0v) is 13.9. The normalized spacial score (nSPS) is 24.6. The highest BCUT2D eigenvalue weighted by atomic mass is 79.9. The highest BCUT2D eigenvalue weighted by Crippen LogP contribution is 2.30. The molecule has 1 aromatic heterocycles. The van der Waals surface area contributed by atoms with E-state index in [0.717, 1.165) is 34.3 Å². The van der Waals surface area contributed by atoms with Gasteiger partial charge in [-0.25, -0.2) is 13.1 Å². The molecule has 1 aliphatic rings. The summed E-state index contributed by atoms with van der Waals surface area (Å²) >= 11 is 4.73. The maximum Gasteiger partial charge on any atom is 0.241 e. The lowest BCUT2D eigenvalue weighted by Crippen LogP contribution is -2.32. The third kappa shape index (κ3) is 4.01. The number of nitrogens with one attached hydrogen (secondary N) is 1. The van der Waals surface area contributed by atoms with Gasteiger partial charge in [0.2, 0.25) is 10.0 Å². The molecule has 0 unspecified atom stereocenters. The number of hydrogen-bond donors (Lipinski definition) is 2. The number of rotatable bonds is 4. The minimum atomic E-state index is -3.42. The van der Waals surface area contributed by atoms with E-state index in [-0.39, 0.29) is 6.10 Å². The van der Waals surface area contributed by atoms with E-state index in [1.165, 1.54) is 11.3 Å². The quantitative estimate of drug-likeness (QED) is 0.859. The average Bonchev–Trinajstić information content (AvgIpc) is 2.69. The first-order valence-electron chi connectivity index (χ1n) is 6.32. The molecule has 2 rings (SSSR count). The van der Waals surface area contributed by atoms with E-state index in [1.54, 1.807) is 13.0 Å². The molecule has 0 aliphatic heterocycles. The number of hydrogen-bond acceptors (Lipinski definition) is 4. The molecule has 0 atom stereocenters. The molecule has 0 spiro atoms. The first-order chi connectivity index (χ1) is 8.88.